The topological polar surface area (TPSA) is 116 Å². The lowest BCUT2D eigenvalue weighted by atomic mass is 10.1. The Hall–Kier alpha value is -2.68. The number of hydrogen-bond donors (Lipinski definition) is 1. The van der Waals surface area contributed by atoms with Crippen molar-refractivity contribution in [3.63, 3.8) is 0 Å². The highest BCUT2D eigenvalue weighted by molar-refractivity contribution is 7.96. The van der Waals surface area contributed by atoms with E-state index in [2.05, 4.69) is 9.46 Å². The fourth-order valence-electron chi connectivity index (χ4n) is 2.07. The number of benzene rings is 1. The minimum Gasteiger partial charge on any atom is -0.465 e. The Kier molecular flexibility index (Phi) is 4.80. The van der Waals surface area contributed by atoms with Crippen molar-refractivity contribution in [2.75, 3.05) is 11.8 Å². The lowest BCUT2D eigenvalue weighted by Gasteiger charge is -2.14. The van der Waals surface area contributed by atoms with E-state index in [-0.39, 0.29) is 34.7 Å². The van der Waals surface area contributed by atoms with Crippen LogP contribution in [-0.4, -0.2) is 26.4 Å². The van der Waals surface area contributed by atoms with E-state index in [4.69, 9.17) is 0 Å². The second-order valence-electron chi connectivity index (χ2n) is 4.68. The van der Waals surface area contributed by atoms with Crippen molar-refractivity contribution < 1.29 is 22.9 Å². The summed E-state index contributed by atoms with van der Waals surface area (Å²) in [6.45, 7) is 0. The summed E-state index contributed by atoms with van der Waals surface area (Å²) in [4.78, 5) is 21.7. The number of anilines is 1. The first kappa shape index (κ1) is 16.7. The fraction of sp³-hybridized carbons (Fsp3) is 0.214. The standard InChI is InChI=1S/C14H14N2O6S/c1-22-14(17)12-7-2-3-8-13(12)15-23(20,21)11-6-4-5-10(9-11)16(18)19/h2-3,5,7-9,15H,4,6H2,1H3. The first-order valence-corrected chi connectivity index (χ1v) is 8.09. The minimum absolute atomic E-state index is 0.0532. The Morgan fingerprint density at radius 2 is 2.04 bits per heavy atom. The third-order valence-corrected chi connectivity index (χ3v) is 4.69. The number of para-hydroxylation sites is 1. The van der Waals surface area contributed by atoms with Gasteiger partial charge in [0.2, 0.25) is 0 Å². The molecule has 0 heterocycles. The molecule has 2 rings (SSSR count). The van der Waals surface area contributed by atoms with E-state index in [1.807, 2.05) is 0 Å². The molecule has 0 radical (unpaired) electrons. The molecule has 1 aliphatic carbocycles. The van der Waals surface area contributed by atoms with Crippen LogP contribution in [0.4, 0.5) is 5.69 Å². The molecule has 0 spiro atoms. The quantitative estimate of drug-likeness (QED) is 0.499. The van der Waals surface area contributed by atoms with Gasteiger partial charge in [0.25, 0.3) is 15.7 Å². The summed E-state index contributed by atoms with van der Waals surface area (Å²) in [5, 5.41) is 10.8. The molecular formula is C14H14N2O6S. The third kappa shape index (κ3) is 3.75. The lowest BCUT2D eigenvalue weighted by Crippen LogP contribution is -2.19. The monoisotopic (exact) mass is 338 g/mol. The van der Waals surface area contributed by atoms with Gasteiger partial charge in [-0.25, -0.2) is 13.2 Å². The molecule has 1 aromatic rings. The van der Waals surface area contributed by atoms with Crippen LogP contribution in [0.5, 0.6) is 0 Å². The fourth-order valence-corrected chi connectivity index (χ4v) is 3.33. The predicted molar refractivity (Wildman–Crippen MR) is 82.7 cm³/mol. The zero-order valence-electron chi connectivity index (χ0n) is 12.2. The average Bonchev–Trinajstić information content (AvgIpc) is 2.54. The molecule has 1 aromatic carbocycles. The van der Waals surface area contributed by atoms with Gasteiger partial charge in [-0.15, -0.1) is 0 Å². The highest BCUT2D eigenvalue weighted by Gasteiger charge is 2.25. The van der Waals surface area contributed by atoms with Crippen LogP contribution in [0.25, 0.3) is 0 Å². The van der Waals surface area contributed by atoms with Gasteiger partial charge < -0.3 is 4.74 Å². The van der Waals surface area contributed by atoms with Gasteiger partial charge in [-0.1, -0.05) is 12.1 Å². The largest absolute Gasteiger partial charge is 0.465 e. The number of nitrogens with zero attached hydrogens (tertiary/aromatic N) is 1. The van der Waals surface area contributed by atoms with Crippen LogP contribution in [0.2, 0.25) is 0 Å². The maximum absolute atomic E-state index is 12.4. The molecule has 0 saturated carbocycles. The van der Waals surface area contributed by atoms with E-state index in [1.165, 1.54) is 25.3 Å². The summed E-state index contributed by atoms with van der Waals surface area (Å²) in [7, 11) is -2.82. The summed E-state index contributed by atoms with van der Waals surface area (Å²) in [5.74, 6) is -0.688. The van der Waals surface area contributed by atoms with Crippen LogP contribution >= 0.6 is 0 Å². The van der Waals surface area contributed by atoms with Crippen LogP contribution in [0.1, 0.15) is 23.2 Å². The maximum atomic E-state index is 12.4. The first-order chi connectivity index (χ1) is 10.8. The molecule has 0 amide bonds. The van der Waals surface area contributed by atoms with Crippen LogP contribution in [-0.2, 0) is 14.8 Å². The van der Waals surface area contributed by atoms with Gasteiger partial charge in [0.05, 0.1) is 28.2 Å². The van der Waals surface area contributed by atoms with Crippen molar-refractivity contribution in [3.05, 3.63) is 62.7 Å². The van der Waals surface area contributed by atoms with E-state index in [0.717, 1.165) is 6.08 Å². The molecule has 8 nitrogen and oxygen atoms in total. The van der Waals surface area contributed by atoms with E-state index in [9.17, 15) is 23.3 Å². The number of carbonyl (C=O) groups is 1. The van der Waals surface area contributed by atoms with Crippen molar-refractivity contribution >= 4 is 21.7 Å². The normalized spacial score (nSPS) is 14.5. The number of carbonyl (C=O) groups excluding carboxylic acids is 1. The molecule has 9 heteroatoms. The van der Waals surface area contributed by atoms with Crippen molar-refractivity contribution in [2.24, 2.45) is 0 Å². The molecule has 0 saturated heterocycles. The summed E-state index contributed by atoms with van der Waals surface area (Å²) in [5.41, 5.74) is -0.157. The molecule has 23 heavy (non-hydrogen) atoms. The van der Waals surface area contributed by atoms with E-state index >= 15 is 0 Å². The zero-order chi connectivity index (χ0) is 17.0. The van der Waals surface area contributed by atoms with Gasteiger partial charge in [-0.2, -0.15) is 0 Å². The van der Waals surface area contributed by atoms with Gasteiger partial charge >= 0.3 is 5.97 Å². The van der Waals surface area contributed by atoms with Crippen molar-refractivity contribution in [2.45, 2.75) is 12.8 Å². The smallest absolute Gasteiger partial charge is 0.339 e. The highest BCUT2D eigenvalue weighted by atomic mass is 32.2. The molecule has 122 valence electrons. The predicted octanol–water partition coefficient (Wildman–Crippen LogP) is 2.05. The second kappa shape index (κ2) is 6.61. The van der Waals surface area contributed by atoms with Gasteiger partial charge in [0.15, 0.2) is 0 Å². The summed E-state index contributed by atoms with van der Waals surface area (Å²) in [6, 6.07) is 5.96. The molecule has 0 atom stereocenters. The summed E-state index contributed by atoms with van der Waals surface area (Å²) >= 11 is 0. The Morgan fingerprint density at radius 3 is 2.70 bits per heavy atom. The number of allylic oxidation sites excluding steroid dienone is 3. The van der Waals surface area contributed by atoms with Gasteiger partial charge in [-0.3, -0.25) is 14.8 Å². The van der Waals surface area contributed by atoms with Gasteiger partial charge in [0.1, 0.15) is 0 Å². The number of ether oxygens (including phenoxy) is 1. The van der Waals surface area contributed by atoms with Gasteiger partial charge in [-0.05, 0) is 31.1 Å². The molecule has 0 aromatic heterocycles. The zero-order valence-corrected chi connectivity index (χ0v) is 13.0. The lowest BCUT2D eigenvalue weighted by molar-refractivity contribution is -0.419. The molecule has 1 aliphatic rings. The molecule has 0 fully saturated rings. The first-order valence-electron chi connectivity index (χ1n) is 6.60. The molecule has 0 bridgehead atoms. The van der Waals surface area contributed by atoms with E-state index < -0.39 is 20.9 Å². The Labute approximate surface area is 132 Å². The second-order valence-corrected chi connectivity index (χ2v) is 6.41. The molecule has 0 aliphatic heterocycles. The number of sulfonamides is 1. The average molecular weight is 338 g/mol. The number of nitro groups is 1. The Balaban J connectivity index is 2.35. The third-order valence-electron chi connectivity index (χ3n) is 3.19. The van der Waals surface area contributed by atoms with E-state index in [0.29, 0.717) is 0 Å². The van der Waals surface area contributed by atoms with Crippen LogP contribution in [0.15, 0.2) is 47.0 Å². The number of esters is 1. The number of hydrogen-bond acceptors (Lipinski definition) is 6. The van der Waals surface area contributed by atoms with Crippen molar-refractivity contribution in [3.8, 4) is 0 Å². The van der Waals surface area contributed by atoms with Crippen LogP contribution < -0.4 is 4.72 Å². The number of rotatable bonds is 5. The van der Waals surface area contributed by atoms with Gasteiger partial charge in [0, 0.05) is 6.08 Å². The molecule has 1 N–H and O–H groups in total. The number of nitrogens with one attached hydrogen (secondary N) is 1. The SMILES string of the molecule is COC(=O)c1ccccc1NS(=O)(=O)C1=CC([N+](=O)[O-])=CCC1. The van der Waals surface area contributed by atoms with Crippen molar-refractivity contribution in [1.82, 2.24) is 0 Å². The minimum atomic E-state index is -4.01. The Bertz CT molecular complexity index is 810. The van der Waals surface area contributed by atoms with Crippen molar-refractivity contribution in [1.29, 1.82) is 0 Å². The Morgan fingerprint density at radius 1 is 1.35 bits per heavy atom. The van der Waals surface area contributed by atoms with Crippen LogP contribution in [0.3, 0.4) is 0 Å². The molecule has 0 unspecified atom stereocenters. The number of methoxy groups -OCH3 is 1. The summed E-state index contributed by atoms with van der Waals surface area (Å²) in [6.07, 6.45) is 2.78. The maximum Gasteiger partial charge on any atom is 0.339 e. The van der Waals surface area contributed by atoms with E-state index in [1.54, 1.807) is 12.1 Å². The highest BCUT2D eigenvalue weighted by Crippen LogP contribution is 2.26. The molecular weight excluding hydrogens is 324 g/mol. The van der Waals surface area contributed by atoms with Crippen LogP contribution in [0, 0.1) is 10.1 Å². The summed E-state index contributed by atoms with van der Waals surface area (Å²) < 4.78 is 31.7.